The summed E-state index contributed by atoms with van der Waals surface area (Å²) in [5.41, 5.74) is 5.77. The lowest BCUT2D eigenvalue weighted by Crippen LogP contribution is -2.44. The number of hydrogen-bond donors (Lipinski definition) is 2. The van der Waals surface area contributed by atoms with E-state index in [1.807, 2.05) is 0 Å². The first-order valence-electron chi connectivity index (χ1n) is 6.60. The van der Waals surface area contributed by atoms with E-state index in [-0.39, 0.29) is 24.2 Å². The molecule has 0 radical (unpaired) electrons. The van der Waals surface area contributed by atoms with Crippen LogP contribution in [0.15, 0.2) is 18.2 Å². The summed E-state index contributed by atoms with van der Waals surface area (Å²) in [4.78, 5) is 14.1. The molecule has 104 valence electrons. The molecule has 1 amide bonds. The SMILES string of the molecule is Nc1ccc(C(=O)N2CCCCC2CCO)cc1F. The Bertz CT molecular complexity index is 463. The fourth-order valence-corrected chi connectivity index (χ4v) is 2.54. The standard InChI is InChI=1S/C14H19FN2O2/c15-12-9-10(4-5-13(12)16)14(19)17-7-2-1-3-11(17)6-8-18/h4-5,9,11,18H,1-3,6-8,16H2. The third-order valence-corrected chi connectivity index (χ3v) is 3.60. The fraction of sp³-hybridized carbons (Fsp3) is 0.500. The van der Waals surface area contributed by atoms with Crippen molar-refractivity contribution < 1.29 is 14.3 Å². The summed E-state index contributed by atoms with van der Waals surface area (Å²) >= 11 is 0. The van der Waals surface area contributed by atoms with Crippen molar-refractivity contribution in [3.8, 4) is 0 Å². The van der Waals surface area contributed by atoms with Crippen LogP contribution in [0.3, 0.4) is 0 Å². The van der Waals surface area contributed by atoms with Crippen LogP contribution in [0, 0.1) is 5.82 Å². The number of rotatable bonds is 3. The van der Waals surface area contributed by atoms with Gasteiger partial charge in [0.2, 0.25) is 0 Å². The topological polar surface area (TPSA) is 66.6 Å². The van der Waals surface area contributed by atoms with E-state index in [1.54, 1.807) is 11.0 Å². The molecule has 0 aromatic heterocycles. The quantitative estimate of drug-likeness (QED) is 0.820. The summed E-state index contributed by atoms with van der Waals surface area (Å²) in [7, 11) is 0. The van der Waals surface area contributed by atoms with Gasteiger partial charge in [0.1, 0.15) is 5.82 Å². The molecule has 1 aliphatic heterocycles. The highest BCUT2D eigenvalue weighted by atomic mass is 19.1. The largest absolute Gasteiger partial charge is 0.396 e. The number of piperidine rings is 1. The molecule has 1 aromatic rings. The molecule has 1 aromatic carbocycles. The van der Waals surface area contributed by atoms with E-state index >= 15 is 0 Å². The van der Waals surface area contributed by atoms with Crippen LogP contribution in [-0.2, 0) is 0 Å². The number of amides is 1. The first kappa shape index (κ1) is 13.8. The number of aliphatic hydroxyl groups is 1. The Morgan fingerprint density at radius 1 is 1.47 bits per heavy atom. The van der Waals surface area contributed by atoms with Gasteiger partial charge in [0, 0.05) is 24.8 Å². The van der Waals surface area contributed by atoms with Gasteiger partial charge in [-0.1, -0.05) is 0 Å². The van der Waals surface area contributed by atoms with E-state index in [2.05, 4.69) is 0 Å². The van der Waals surface area contributed by atoms with Gasteiger partial charge in [-0.15, -0.1) is 0 Å². The Hall–Kier alpha value is -1.62. The number of nitrogens with zero attached hydrogens (tertiary/aromatic N) is 1. The van der Waals surface area contributed by atoms with Crippen molar-refractivity contribution in [1.29, 1.82) is 0 Å². The number of nitrogen functional groups attached to an aromatic ring is 1. The van der Waals surface area contributed by atoms with E-state index < -0.39 is 5.82 Å². The van der Waals surface area contributed by atoms with Gasteiger partial charge in [-0.2, -0.15) is 0 Å². The van der Waals surface area contributed by atoms with Gasteiger partial charge in [-0.3, -0.25) is 4.79 Å². The second-order valence-corrected chi connectivity index (χ2v) is 4.90. The van der Waals surface area contributed by atoms with Crippen molar-refractivity contribution >= 4 is 11.6 Å². The highest BCUT2D eigenvalue weighted by Crippen LogP contribution is 2.22. The Balaban J connectivity index is 2.18. The maximum Gasteiger partial charge on any atom is 0.254 e. The van der Waals surface area contributed by atoms with E-state index in [1.165, 1.54) is 12.1 Å². The zero-order valence-electron chi connectivity index (χ0n) is 10.8. The monoisotopic (exact) mass is 266 g/mol. The van der Waals surface area contributed by atoms with E-state index in [0.29, 0.717) is 18.5 Å². The van der Waals surface area contributed by atoms with E-state index in [4.69, 9.17) is 10.8 Å². The molecule has 0 saturated carbocycles. The smallest absolute Gasteiger partial charge is 0.254 e. The number of likely N-dealkylation sites (tertiary alicyclic amines) is 1. The summed E-state index contributed by atoms with van der Waals surface area (Å²) in [5.74, 6) is -0.751. The first-order valence-corrected chi connectivity index (χ1v) is 6.60. The van der Waals surface area contributed by atoms with Crippen molar-refractivity contribution in [3.05, 3.63) is 29.6 Å². The number of carbonyl (C=O) groups excluding carboxylic acids is 1. The molecule has 3 N–H and O–H groups in total. The van der Waals surface area contributed by atoms with E-state index in [0.717, 1.165) is 19.3 Å². The maximum atomic E-state index is 13.4. The minimum atomic E-state index is -0.568. The number of benzene rings is 1. The van der Waals surface area contributed by atoms with E-state index in [9.17, 15) is 9.18 Å². The minimum Gasteiger partial charge on any atom is -0.396 e. The molecular formula is C14H19FN2O2. The molecule has 0 bridgehead atoms. The minimum absolute atomic E-state index is 0.0436. The van der Waals surface area contributed by atoms with Crippen LogP contribution < -0.4 is 5.73 Å². The lowest BCUT2D eigenvalue weighted by atomic mass is 9.98. The predicted octanol–water partition coefficient (Wildman–Crippen LogP) is 1.79. The molecular weight excluding hydrogens is 247 g/mol. The third kappa shape index (κ3) is 3.04. The molecule has 5 heteroatoms. The molecule has 0 spiro atoms. The zero-order valence-corrected chi connectivity index (χ0v) is 10.8. The highest BCUT2D eigenvalue weighted by molar-refractivity contribution is 5.94. The Kier molecular flexibility index (Phi) is 4.37. The summed E-state index contributed by atoms with van der Waals surface area (Å²) in [6.45, 7) is 0.722. The van der Waals surface area contributed by atoms with Gasteiger partial charge >= 0.3 is 0 Å². The predicted molar refractivity (Wildman–Crippen MR) is 71.2 cm³/mol. The van der Waals surface area contributed by atoms with Gasteiger partial charge in [-0.05, 0) is 43.9 Å². The number of carbonyl (C=O) groups is 1. The Morgan fingerprint density at radius 2 is 2.26 bits per heavy atom. The number of hydrogen-bond acceptors (Lipinski definition) is 3. The molecule has 1 aliphatic rings. The van der Waals surface area contributed by atoms with Crippen molar-refractivity contribution in [3.63, 3.8) is 0 Å². The van der Waals surface area contributed by atoms with Crippen molar-refractivity contribution in [2.45, 2.75) is 31.7 Å². The lowest BCUT2D eigenvalue weighted by molar-refractivity contribution is 0.0574. The van der Waals surface area contributed by atoms with Crippen LogP contribution in [0.2, 0.25) is 0 Å². The number of nitrogens with two attached hydrogens (primary N) is 1. The molecule has 1 atom stereocenters. The summed E-state index contributed by atoms with van der Waals surface area (Å²) in [5, 5.41) is 9.05. The van der Waals surface area contributed by atoms with Crippen LogP contribution in [0.4, 0.5) is 10.1 Å². The van der Waals surface area contributed by atoms with Crippen molar-refractivity contribution in [1.82, 2.24) is 4.90 Å². The summed E-state index contributed by atoms with van der Waals surface area (Å²) < 4.78 is 13.4. The molecule has 1 fully saturated rings. The average molecular weight is 266 g/mol. The van der Waals surface area contributed by atoms with Crippen LogP contribution in [0.25, 0.3) is 0 Å². The fourth-order valence-electron chi connectivity index (χ4n) is 2.54. The maximum absolute atomic E-state index is 13.4. The summed E-state index contributed by atoms with van der Waals surface area (Å²) in [6.07, 6.45) is 3.47. The first-order chi connectivity index (χ1) is 9.13. The van der Waals surface area contributed by atoms with Crippen LogP contribution in [-0.4, -0.2) is 35.1 Å². The highest BCUT2D eigenvalue weighted by Gasteiger charge is 2.27. The Labute approximate surface area is 112 Å². The van der Waals surface area contributed by atoms with Gasteiger partial charge in [0.15, 0.2) is 0 Å². The average Bonchev–Trinajstić information content (AvgIpc) is 2.42. The normalized spacial score (nSPS) is 19.5. The van der Waals surface area contributed by atoms with Gasteiger partial charge in [0.25, 0.3) is 5.91 Å². The van der Waals surface area contributed by atoms with Gasteiger partial charge in [0.05, 0.1) is 5.69 Å². The molecule has 2 rings (SSSR count). The third-order valence-electron chi connectivity index (χ3n) is 3.60. The lowest BCUT2D eigenvalue weighted by Gasteiger charge is -2.35. The van der Waals surface area contributed by atoms with Gasteiger partial charge < -0.3 is 15.7 Å². The molecule has 1 saturated heterocycles. The van der Waals surface area contributed by atoms with Crippen LogP contribution in [0.1, 0.15) is 36.0 Å². The molecule has 19 heavy (non-hydrogen) atoms. The van der Waals surface area contributed by atoms with Crippen molar-refractivity contribution in [2.75, 3.05) is 18.9 Å². The molecule has 0 aliphatic carbocycles. The van der Waals surface area contributed by atoms with Crippen molar-refractivity contribution in [2.24, 2.45) is 0 Å². The zero-order chi connectivity index (χ0) is 13.8. The molecule has 4 nitrogen and oxygen atoms in total. The second kappa shape index (κ2) is 6.02. The molecule has 1 unspecified atom stereocenters. The van der Waals surface area contributed by atoms with Crippen LogP contribution >= 0.6 is 0 Å². The summed E-state index contributed by atoms with van der Waals surface area (Å²) in [6, 6.07) is 4.19. The van der Waals surface area contributed by atoms with Crippen LogP contribution in [0.5, 0.6) is 0 Å². The molecule has 1 heterocycles. The Morgan fingerprint density at radius 3 is 2.95 bits per heavy atom. The van der Waals surface area contributed by atoms with Gasteiger partial charge in [-0.25, -0.2) is 4.39 Å². The number of anilines is 1. The second-order valence-electron chi connectivity index (χ2n) is 4.90. The number of halogens is 1. The number of aliphatic hydroxyl groups excluding tert-OH is 1.